The number of hydrogen-bond donors (Lipinski definition) is 1. The standard InChI is InChI=1S/C23H18F3N3O5S/c24-23(25,26)35(33,34)19-7-3-17(4-8-19)29-21(31)20(13-15-1-5-18(30)6-2-15)28(22(29)32)14-16-9-11-27-12-10-16/h1-12,20,30H,13-14H2. The summed E-state index contributed by atoms with van der Waals surface area (Å²) in [7, 11) is -5.58. The van der Waals surface area contributed by atoms with Crippen LogP contribution in [-0.2, 0) is 27.6 Å². The predicted molar refractivity (Wildman–Crippen MR) is 118 cm³/mol. The van der Waals surface area contributed by atoms with Crippen molar-refractivity contribution in [3.63, 3.8) is 0 Å². The second-order valence-corrected chi connectivity index (χ2v) is 9.71. The molecule has 0 radical (unpaired) electrons. The Balaban J connectivity index is 1.68. The fourth-order valence-electron chi connectivity index (χ4n) is 3.70. The summed E-state index contributed by atoms with van der Waals surface area (Å²) >= 11 is 0. The summed E-state index contributed by atoms with van der Waals surface area (Å²) in [5.41, 5.74) is -4.17. The van der Waals surface area contributed by atoms with Gasteiger partial charge in [0.25, 0.3) is 15.7 Å². The average molecular weight is 505 g/mol. The molecule has 1 aromatic heterocycles. The van der Waals surface area contributed by atoms with Crippen LogP contribution in [0.15, 0.2) is 78.0 Å². The number of alkyl halides is 3. The van der Waals surface area contributed by atoms with Crippen molar-refractivity contribution >= 4 is 27.5 Å². The fourth-order valence-corrected chi connectivity index (χ4v) is 4.46. The number of imide groups is 1. The van der Waals surface area contributed by atoms with Gasteiger partial charge in [0.15, 0.2) is 0 Å². The first-order chi connectivity index (χ1) is 16.5. The van der Waals surface area contributed by atoms with Crippen LogP contribution in [0.4, 0.5) is 23.7 Å². The van der Waals surface area contributed by atoms with Crippen molar-refractivity contribution in [3.8, 4) is 5.75 Å². The second-order valence-electron chi connectivity index (χ2n) is 7.77. The van der Waals surface area contributed by atoms with Gasteiger partial charge in [-0.3, -0.25) is 9.78 Å². The number of hydrogen-bond acceptors (Lipinski definition) is 6. The van der Waals surface area contributed by atoms with Crippen LogP contribution in [0.3, 0.4) is 0 Å². The lowest BCUT2D eigenvalue weighted by Gasteiger charge is -2.22. The van der Waals surface area contributed by atoms with Gasteiger partial charge in [0.2, 0.25) is 0 Å². The molecule has 0 aliphatic carbocycles. The fraction of sp³-hybridized carbons (Fsp3) is 0.174. The minimum atomic E-state index is -5.58. The second kappa shape index (κ2) is 9.02. The van der Waals surface area contributed by atoms with Crippen LogP contribution in [0.25, 0.3) is 0 Å². The zero-order chi connectivity index (χ0) is 25.4. The van der Waals surface area contributed by atoms with Crippen LogP contribution in [0.1, 0.15) is 11.1 Å². The number of aromatic nitrogens is 1. The molecule has 8 nitrogen and oxygen atoms in total. The summed E-state index contributed by atoms with van der Waals surface area (Å²) in [6.07, 6.45) is 3.18. The third-order valence-electron chi connectivity index (χ3n) is 5.50. The Bertz CT molecular complexity index is 1350. The SMILES string of the molecule is O=C1C(Cc2ccc(O)cc2)N(Cc2ccncc2)C(=O)N1c1ccc(S(=O)(=O)C(F)(F)F)cc1. The maximum Gasteiger partial charge on any atom is 0.501 e. The number of nitrogens with zero attached hydrogens (tertiary/aromatic N) is 3. The molecule has 2 aromatic carbocycles. The van der Waals surface area contributed by atoms with Gasteiger partial charge in [-0.2, -0.15) is 13.2 Å². The highest BCUT2D eigenvalue weighted by Crippen LogP contribution is 2.33. The zero-order valence-electron chi connectivity index (χ0n) is 17.9. The van der Waals surface area contributed by atoms with Gasteiger partial charge in [-0.1, -0.05) is 12.1 Å². The van der Waals surface area contributed by atoms with E-state index in [9.17, 15) is 36.3 Å². The maximum absolute atomic E-state index is 13.3. The van der Waals surface area contributed by atoms with Crippen LogP contribution in [0, 0.1) is 0 Å². The number of rotatable bonds is 6. The number of urea groups is 1. The summed E-state index contributed by atoms with van der Waals surface area (Å²) < 4.78 is 61.9. The van der Waals surface area contributed by atoms with Gasteiger partial charge in [0.05, 0.1) is 10.6 Å². The van der Waals surface area contributed by atoms with E-state index in [0.717, 1.165) is 17.0 Å². The molecule has 35 heavy (non-hydrogen) atoms. The van der Waals surface area contributed by atoms with Gasteiger partial charge < -0.3 is 10.0 Å². The number of phenols is 1. The Morgan fingerprint density at radius 3 is 2.06 bits per heavy atom. The van der Waals surface area contributed by atoms with Gasteiger partial charge >= 0.3 is 11.5 Å². The highest BCUT2D eigenvalue weighted by molar-refractivity contribution is 7.92. The molecule has 3 aromatic rings. The molecule has 2 heterocycles. The van der Waals surface area contributed by atoms with Crippen molar-refractivity contribution in [2.75, 3.05) is 4.90 Å². The zero-order valence-corrected chi connectivity index (χ0v) is 18.7. The van der Waals surface area contributed by atoms with Crippen LogP contribution in [0.5, 0.6) is 5.75 Å². The highest BCUT2D eigenvalue weighted by Gasteiger charge is 2.48. The Morgan fingerprint density at radius 2 is 1.49 bits per heavy atom. The summed E-state index contributed by atoms with van der Waals surface area (Å²) in [6, 6.07) is 11.2. The lowest BCUT2D eigenvalue weighted by atomic mass is 10.0. The monoisotopic (exact) mass is 505 g/mol. The Morgan fingerprint density at radius 1 is 0.886 bits per heavy atom. The van der Waals surface area contributed by atoms with Crippen LogP contribution in [-0.4, -0.2) is 46.9 Å². The van der Waals surface area contributed by atoms with E-state index in [1.54, 1.807) is 24.3 Å². The minimum Gasteiger partial charge on any atom is -0.508 e. The van der Waals surface area contributed by atoms with E-state index >= 15 is 0 Å². The molecule has 0 bridgehead atoms. The number of aromatic hydroxyl groups is 1. The third-order valence-corrected chi connectivity index (χ3v) is 7.00. The van der Waals surface area contributed by atoms with Crippen LogP contribution < -0.4 is 4.90 Å². The molecule has 0 spiro atoms. The summed E-state index contributed by atoms with van der Waals surface area (Å²) in [4.78, 5) is 31.7. The highest BCUT2D eigenvalue weighted by atomic mass is 32.2. The van der Waals surface area contributed by atoms with E-state index in [0.29, 0.717) is 23.3 Å². The van der Waals surface area contributed by atoms with E-state index in [-0.39, 0.29) is 24.4 Å². The summed E-state index contributed by atoms with van der Waals surface area (Å²) in [5, 5.41) is 9.52. The van der Waals surface area contributed by atoms with Gasteiger partial charge in [-0.25, -0.2) is 18.1 Å². The quantitative estimate of drug-likeness (QED) is 0.513. The number of carbonyl (C=O) groups excluding carboxylic acids is 2. The van der Waals surface area contributed by atoms with E-state index < -0.39 is 38.2 Å². The molecule has 0 saturated carbocycles. The number of phenolic OH excluding ortho intramolecular Hbond substituents is 1. The lowest BCUT2D eigenvalue weighted by molar-refractivity contribution is -0.119. The number of sulfone groups is 1. The molecule has 1 aliphatic rings. The number of pyridine rings is 1. The Hall–Kier alpha value is -3.93. The van der Waals surface area contributed by atoms with Gasteiger partial charge in [-0.15, -0.1) is 0 Å². The maximum atomic E-state index is 13.3. The molecule has 1 aliphatic heterocycles. The van der Waals surface area contributed by atoms with Crippen molar-refractivity contribution in [2.24, 2.45) is 0 Å². The molecule has 1 unspecified atom stereocenters. The third kappa shape index (κ3) is 4.69. The van der Waals surface area contributed by atoms with E-state index in [2.05, 4.69) is 4.98 Å². The van der Waals surface area contributed by atoms with Crippen LogP contribution >= 0.6 is 0 Å². The number of carbonyl (C=O) groups is 2. The minimum absolute atomic E-state index is 0.0340. The molecule has 182 valence electrons. The number of benzene rings is 2. The molecule has 1 N–H and O–H groups in total. The predicted octanol–water partition coefficient (Wildman–Crippen LogP) is 3.66. The first kappa shape index (κ1) is 24.2. The molecule has 3 amide bonds. The molecular weight excluding hydrogens is 487 g/mol. The Labute approximate surface area is 198 Å². The van der Waals surface area contributed by atoms with Crippen molar-refractivity contribution in [3.05, 3.63) is 84.2 Å². The smallest absolute Gasteiger partial charge is 0.501 e. The molecule has 1 atom stereocenters. The molecular formula is C23H18F3N3O5S. The van der Waals surface area contributed by atoms with Crippen molar-refractivity contribution in [2.45, 2.75) is 29.4 Å². The van der Waals surface area contributed by atoms with Crippen LogP contribution in [0.2, 0.25) is 0 Å². The van der Waals surface area contributed by atoms with Crippen molar-refractivity contribution in [1.82, 2.24) is 9.88 Å². The molecule has 4 rings (SSSR count). The largest absolute Gasteiger partial charge is 0.508 e. The number of anilines is 1. The van der Waals surface area contributed by atoms with Gasteiger partial charge in [-0.05, 0) is 59.7 Å². The molecule has 1 fully saturated rings. The summed E-state index contributed by atoms with van der Waals surface area (Å²) in [5.74, 6) is -0.588. The number of amides is 3. The topological polar surface area (TPSA) is 108 Å². The number of halogens is 3. The lowest BCUT2D eigenvalue weighted by Crippen LogP contribution is -2.36. The molecule has 1 saturated heterocycles. The normalized spacial score (nSPS) is 16.7. The van der Waals surface area contributed by atoms with Crippen molar-refractivity contribution < 1.29 is 36.3 Å². The van der Waals surface area contributed by atoms with E-state index in [1.807, 2.05) is 0 Å². The van der Waals surface area contributed by atoms with Gasteiger partial charge in [0, 0.05) is 25.4 Å². The average Bonchev–Trinajstić information content (AvgIpc) is 3.04. The first-order valence-corrected chi connectivity index (χ1v) is 11.7. The van der Waals surface area contributed by atoms with Gasteiger partial charge in [0.1, 0.15) is 11.8 Å². The van der Waals surface area contributed by atoms with Crippen molar-refractivity contribution in [1.29, 1.82) is 0 Å². The Kier molecular flexibility index (Phi) is 6.24. The van der Waals surface area contributed by atoms with E-state index in [1.165, 1.54) is 29.4 Å². The summed E-state index contributed by atoms with van der Waals surface area (Å²) in [6.45, 7) is 0.0624. The molecule has 12 heteroatoms. The first-order valence-electron chi connectivity index (χ1n) is 10.2. The van der Waals surface area contributed by atoms with E-state index in [4.69, 9.17) is 0 Å².